The van der Waals surface area contributed by atoms with E-state index >= 15 is 0 Å². The maximum atomic E-state index is 8.39. The van der Waals surface area contributed by atoms with Gasteiger partial charge >= 0.3 is 0 Å². The molecule has 0 aromatic carbocycles. The van der Waals surface area contributed by atoms with Gasteiger partial charge in [-0.05, 0) is 50.2 Å². The quantitative estimate of drug-likeness (QED) is 0.652. The van der Waals surface area contributed by atoms with Crippen molar-refractivity contribution in [2.45, 2.75) is 72.8 Å². The van der Waals surface area contributed by atoms with Crippen molar-refractivity contribution in [3.05, 3.63) is 23.7 Å². The van der Waals surface area contributed by atoms with Crippen molar-refractivity contribution in [2.75, 3.05) is 6.61 Å². The molecule has 2 N–H and O–H groups in total. The van der Waals surface area contributed by atoms with Crippen molar-refractivity contribution in [3.8, 4) is 0 Å². The van der Waals surface area contributed by atoms with E-state index in [1.165, 1.54) is 11.1 Å². The predicted molar refractivity (Wildman–Crippen MR) is 81.8 cm³/mol. The van der Waals surface area contributed by atoms with E-state index in [1.807, 2.05) is 12.5 Å². The lowest BCUT2D eigenvalue weighted by atomic mass is 10.2. The fourth-order valence-electron chi connectivity index (χ4n) is 1.25. The molecule has 0 fully saturated rings. The van der Waals surface area contributed by atoms with Gasteiger partial charge in [-0.25, -0.2) is 0 Å². The Labute approximate surface area is 119 Å². The predicted octanol–water partition coefficient (Wildman–Crippen LogP) is 4.16. The van der Waals surface area contributed by atoms with Crippen molar-refractivity contribution in [3.63, 3.8) is 0 Å². The van der Waals surface area contributed by atoms with Gasteiger partial charge in [-0.15, -0.1) is 0 Å². The normalized spacial score (nSPS) is 10.9. The van der Waals surface area contributed by atoms with Crippen LogP contribution in [0.2, 0.25) is 0 Å². The molecule has 3 heteroatoms. The van der Waals surface area contributed by atoms with Gasteiger partial charge in [0.15, 0.2) is 0 Å². The molecule has 0 aromatic heterocycles. The summed E-state index contributed by atoms with van der Waals surface area (Å²) in [6.07, 6.45) is 8.22. The van der Waals surface area contributed by atoms with E-state index in [9.17, 15) is 0 Å². The monoisotopic (exact) mass is 272 g/mol. The van der Waals surface area contributed by atoms with Crippen LogP contribution in [0.1, 0.15) is 66.7 Å². The molecule has 1 unspecified atom stereocenters. The van der Waals surface area contributed by atoms with Gasteiger partial charge in [0.2, 0.25) is 0 Å². The number of hydrogen-bond acceptors (Lipinski definition) is 3. The number of allylic oxidation sites excluding steroid dienone is 2. The lowest BCUT2D eigenvalue weighted by molar-refractivity contribution is 0.148. The van der Waals surface area contributed by atoms with Crippen LogP contribution in [0.3, 0.4) is 0 Å². The van der Waals surface area contributed by atoms with Gasteiger partial charge < -0.3 is 14.9 Å². The second kappa shape index (κ2) is 15.3. The number of aliphatic hydroxyl groups excluding tert-OH is 2. The summed E-state index contributed by atoms with van der Waals surface area (Å²) < 4.78 is 5.40. The van der Waals surface area contributed by atoms with Crippen molar-refractivity contribution in [1.29, 1.82) is 0 Å². The van der Waals surface area contributed by atoms with E-state index in [4.69, 9.17) is 14.9 Å². The van der Waals surface area contributed by atoms with Crippen LogP contribution in [0.15, 0.2) is 23.7 Å². The van der Waals surface area contributed by atoms with E-state index in [0.29, 0.717) is 6.42 Å². The molecule has 0 bridgehead atoms. The first kappa shape index (κ1) is 20.5. The molecule has 0 spiro atoms. The van der Waals surface area contributed by atoms with Crippen LogP contribution in [-0.4, -0.2) is 22.9 Å². The first-order valence-electron chi connectivity index (χ1n) is 7.35. The van der Waals surface area contributed by atoms with Crippen molar-refractivity contribution in [1.82, 2.24) is 0 Å². The van der Waals surface area contributed by atoms with E-state index in [-0.39, 0.29) is 12.7 Å². The zero-order chi connectivity index (χ0) is 15.1. The van der Waals surface area contributed by atoms with Crippen molar-refractivity contribution in [2.24, 2.45) is 0 Å². The average molecular weight is 272 g/mol. The molecule has 0 saturated heterocycles. The Bertz CT molecular complexity index is 210. The van der Waals surface area contributed by atoms with Gasteiger partial charge in [-0.1, -0.05) is 27.7 Å². The van der Waals surface area contributed by atoms with E-state index in [0.717, 1.165) is 25.7 Å². The number of rotatable bonds is 8. The highest BCUT2D eigenvalue weighted by molar-refractivity contribution is 5.00. The summed E-state index contributed by atoms with van der Waals surface area (Å²) in [4.78, 5) is 0. The lowest BCUT2D eigenvalue weighted by Gasteiger charge is -2.01. The van der Waals surface area contributed by atoms with E-state index < -0.39 is 0 Å². The zero-order valence-electron chi connectivity index (χ0n) is 13.3. The van der Waals surface area contributed by atoms with E-state index in [2.05, 4.69) is 27.7 Å². The van der Waals surface area contributed by atoms with Crippen LogP contribution in [0, 0.1) is 0 Å². The van der Waals surface area contributed by atoms with Crippen LogP contribution in [-0.2, 0) is 4.74 Å². The Balaban J connectivity index is 0. The number of ether oxygens (including phenoxy) is 1. The third-order valence-electron chi connectivity index (χ3n) is 2.83. The minimum absolute atomic E-state index is 0.0810. The van der Waals surface area contributed by atoms with Gasteiger partial charge in [-0.2, -0.15) is 0 Å². The number of hydrogen-bond donors (Lipinski definition) is 2. The minimum Gasteiger partial charge on any atom is -0.473 e. The average Bonchev–Trinajstić information content (AvgIpc) is 2.40. The Morgan fingerprint density at radius 3 is 1.47 bits per heavy atom. The molecule has 19 heavy (non-hydrogen) atoms. The summed E-state index contributed by atoms with van der Waals surface area (Å²) >= 11 is 0. The lowest BCUT2D eigenvalue weighted by Crippen LogP contribution is -2.00. The highest BCUT2D eigenvalue weighted by Crippen LogP contribution is 2.08. The molecule has 0 rings (SSSR count). The largest absolute Gasteiger partial charge is 0.473 e. The topological polar surface area (TPSA) is 49.7 Å². The zero-order valence-corrected chi connectivity index (χ0v) is 13.3. The van der Waals surface area contributed by atoms with Gasteiger partial charge in [0.1, 0.15) is 0 Å². The highest BCUT2D eigenvalue weighted by Gasteiger charge is 1.91. The maximum Gasteiger partial charge on any atom is 0.0893 e. The van der Waals surface area contributed by atoms with Gasteiger partial charge in [0.05, 0.1) is 18.6 Å². The minimum atomic E-state index is -0.352. The first-order valence-corrected chi connectivity index (χ1v) is 7.35. The summed E-state index contributed by atoms with van der Waals surface area (Å²) in [5, 5.41) is 16.5. The SMILES string of the molecule is CC(O)CCO.CCC(=COC=C(CC)CC)CC. The molecule has 114 valence electrons. The second-order valence-corrected chi connectivity index (χ2v) is 4.46. The third kappa shape index (κ3) is 15.1. The van der Waals surface area contributed by atoms with E-state index in [1.54, 1.807) is 6.92 Å². The van der Waals surface area contributed by atoms with Gasteiger partial charge in [0.25, 0.3) is 0 Å². The fourth-order valence-corrected chi connectivity index (χ4v) is 1.25. The molecular weight excluding hydrogens is 240 g/mol. The van der Waals surface area contributed by atoms with Crippen LogP contribution in [0.5, 0.6) is 0 Å². The first-order chi connectivity index (χ1) is 9.05. The molecule has 0 saturated carbocycles. The summed E-state index contributed by atoms with van der Waals surface area (Å²) in [7, 11) is 0. The Morgan fingerprint density at radius 2 is 1.32 bits per heavy atom. The Morgan fingerprint density at radius 1 is 0.947 bits per heavy atom. The summed E-state index contributed by atoms with van der Waals surface area (Å²) in [5.41, 5.74) is 2.73. The van der Waals surface area contributed by atoms with Crippen LogP contribution in [0.25, 0.3) is 0 Å². The molecule has 0 aliphatic heterocycles. The molecule has 0 radical (unpaired) electrons. The molecule has 0 amide bonds. The molecule has 0 aromatic rings. The third-order valence-corrected chi connectivity index (χ3v) is 2.83. The van der Waals surface area contributed by atoms with Gasteiger partial charge in [0, 0.05) is 6.61 Å². The van der Waals surface area contributed by atoms with Crippen LogP contribution >= 0.6 is 0 Å². The van der Waals surface area contributed by atoms with Crippen molar-refractivity contribution < 1.29 is 14.9 Å². The Hall–Kier alpha value is -0.800. The summed E-state index contributed by atoms with van der Waals surface area (Å²) in [6, 6.07) is 0. The van der Waals surface area contributed by atoms with Crippen molar-refractivity contribution >= 4 is 0 Å². The number of aliphatic hydroxyl groups is 2. The summed E-state index contributed by atoms with van der Waals surface area (Å²) in [6.45, 7) is 10.4. The fraction of sp³-hybridized carbons (Fsp3) is 0.750. The molecule has 3 nitrogen and oxygen atoms in total. The highest BCUT2D eigenvalue weighted by atomic mass is 16.5. The van der Waals surface area contributed by atoms with Crippen LogP contribution in [0.4, 0.5) is 0 Å². The molecule has 0 heterocycles. The maximum absolute atomic E-state index is 8.39. The standard InChI is InChI=1S/C12H22O.C4H10O2/c1-5-11(6-2)9-13-10-12(7-3)8-4;1-4(6)2-3-5/h9-10H,5-8H2,1-4H3;4-6H,2-3H2,1H3. The molecular formula is C16H32O3. The smallest absolute Gasteiger partial charge is 0.0893 e. The van der Waals surface area contributed by atoms with Gasteiger partial charge in [-0.3, -0.25) is 0 Å². The molecule has 0 aliphatic carbocycles. The molecule has 1 atom stereocenters. The summed E-state index contributed by atoms with van der Waals surface area (Å²) in [5.74, 6) is 0. The van der Waals surface area contributed by atoms with Crippen LogP contribution < -0.4 is 0 Å². The second-order valence-electron chi connectivity index (χ2n) is 4.46. The molecule has 0 aliphatic rings. The Kier molecular flexibility index (Phi) is 16.5.